The Balaban J connectivity index is 1.08. The molecule has 1 N–H and O–H groups in total. The molecule has 7 aromatic rings. The van der Waals surface area contributed by atoms with Crippen molar-refractivity contribution in [2.45, 2.75) is 18.9 Å². The highest BCUT2D eigenvalue weighted by Gasteiger charge is 2.28. The number of hydrogen-bond acceptors (Lipinski definition) is 4. The average molecular weight is 634 g/mol. The van der Waals surface area contributed by atoms with Gasteiger partial charge in [0.1, 0.15) is 5.84 Å². The van der Waals surface area contributed by atoms with Crippen molar-refractivity contribution in [3.63, 3.8) is 0 Å². The van der Waals surface area contributed by atoms with E-state index in [1.165, 1.54) is 16.3 Å². The van der Waals surface area contributed by atoms with Crippen LogP contribution in [0.2, 0.25) is 0 Å². The predicted molar refractivity (Wildman–Crippen MR) is 200 cm³/mol. The summed E-state index contributed by atoms with van der Waals surface area (Å²) in [6.45, 7) is 0. The Morgan fingerprint density at radius 3 is 2.10 bits per heavy atom. The van der Waals surface area contributed by atoms with Crippen LogP contribution in [-0.2, 0) is 0 Å². The van der Waals surface area contributed by atoms with E-state index in [2.05, 4.69) is 131 Å². The lowest BCUT2D eigenvalue weighted by atomic mass is 9.96. The molecule has 3 heterocycles. The fourth-order valence-corrected chi connectivity index (χ4v) is 7.37. The number of nitrogens with one attached hydrogen (secondary N) is 1. The fourth-order valence-electron chi connectivity index (χ4n) is 7.37. The molecule has 1 aliphatic carbocycles. The summed E-state index contributed by atoms with van der Waals surface area (Å²) in [4.78, 5) is 4.98. The number of hydrogen-bond donors (Lipinski definition) is 1. The summed E-state index contributed by atoms with van der Waals surface area (Å²) in [6, 6.07) is 44.3. The molecule has 1 atom stereocenters. The molecule has 6 aromatic carbocycles. The van der Waals surface area contributed by atoms with Gasteiger partial charge in [-0.05, 0) is 82.8 Å². The number of ether oxygens (including phenoxy) is 2. The largest absolute Gasteiger partial charge is 0.449 e. The molecular formula is C44H31N3O2. The van der Waals surface area contributed by atoms with Gasteiger partial charge in [0, 0.05) is 16.3 Å². The molecule has 10 rings (SSSR count). The van der Waals surface area contributed by atoms with Crippen molar-refractivity contribution in [2.24, 2.45) is 4.99 Å². The molecule has 0 saturated carbocycles. The average Bonchev–Trinajstić information content (AvgIpc) is 3.50. The first-order chi connectivity index (χ1) is 24.3. The number of aliphatic imine (C=N–C) groups is 1. The Bertz CT molecular complexity index is 2590. The molecule has 2 aliphatic heterocycles. The van der Waals surface area contributed by atoms with Crippen LogP contribution in [0, 0.1) is 0 Å². The lowest BCUT2D eigenvalue weighted by Crippen LogP contribution is -2.41. The Kier molecular flexibility index (Phi) is 6.31. The maximum Gasteiger partial charge on any atom is 0.170 e. The highest BCUT2D eigenvalue weighted by atomic mass is 16.6. The van der Waals surface area contributed by atoms with Gasteiger partial charge in [0.05, 0.1) is 29.0 Å². The zero-order valence-electron chi connectivity index (χ0n) is 26.6. The summed E-state index contributed by atoms with van der Waals surface area (Å²) < 4.78 is 15.1. The maximum absolute atomic E-state index is 6.43. The molecule has 0 radical (unpaired) electrons. The third-order valence-corrected chi connectivity index (χ3v) is 9.77. The molecule has 0 saturated heterocycles. The number of para-hydroxylation sites is 1. The topological polar surface area (TPSA) is 47.8 Å². The van der Waals surface area contributed by atoms with Crippen LogP contribution in [-0.4, -0.2) is 16.4 Å². The molecule has 0 spiro atoms. The number of fused-ring (bicyclic) bond motifs is 6. The first-order valence-electron chi connectivity index (χ1n) is 16.8. The van der Waals surface area contributed by atoms with Gasteiger partial charge in [-0.3, -0.25) is 0 Å². The summed E-state index contributed by atoms with van der Waals surface area (Å²) in [5, 5.41) is 8.43. The molecule has 1 unspecified atom stereocenters. The standard InChI is InChI=1S/C44H31N3O2/c1-3-11-28(12-4-1)43-38(27-45-44(46-43)29-13-5-2-6-14-29)47-36-18-10-9-17-34(36)35-23-32(19-21-37(35)47)33-20-22-39-40(26-33)49-42-25-31-16-8-7-15-30(31)24-41(42)48-39/h2-3,5-27,43H,1,4H2,(H,45,46). The molecule has 0 bridgehead atoms. The van der Waals surface area contributed by atoms with Gasteiger partial charge < -0.3 is 19.4 Å². The lowest BCUT2D eigenvalue weighted by Gasteiger charge is -2.30. The van der Waals surface area contributed by atoms with Crippen molar-refractivity contribution in [3.8, 4) is 34.1 Å². The van der Waals surface area contributed by atoms with E-state index >= 15 is 0 Å². The highest BCUT2D eigenvalue weighted by molar-refractivity contribution is 6.12. The number of aromatic nitrogens is 1. The molecule has 0 fully saturated rings. The molecule has 234 valence electrons. The van der Waals surface area contributed by atoms with Gasteiger partial charge >= 0.3 is 0 Å². The van der Waals surface area contributed by atoms with Crippen molar-refractivity contribution in [3.05, 3.63) is 163 Å². The number of amidine groups is 1. The smallest absolute Gasteiger partial charge is 0.170 e. The Labute approximate surface area is 283 Å². The Morgan fingerprint density at radius 1 is 0.592 bits per heavy atom. The second kappa shape index (κ2) is 11.1. The molecule has 1 aromatic heterocycles. The molecule has 3 aliphatic rings. The van der Waals surface area contributed by atoms with Gasteiger partial charge in [-0.2, -0.15) is 0 Å². The zero-order chi connectivity index (χ0) is 32.3. The van der Waals surface area contributed by atoms with E-state index in [-0.39, 0.29) is 6.04 Å². The fraction of sp³-hybridized carbons (Fsp3) is 0.0682. The summed E-state index contributed by atoms with van der Waals surface area (Å²) in [6.07, 6.45) is 11.0. The zero-order valence-corrected chi connectivity index (χ0v) is 26.6. The van der Waals surface area contributed by atoms with Crippen molar-refractivity contribution >= 4 is 44.1 Å². The second-order valence-corrected chi connectivity index (χ2v) is 12.8. The van der Waals surface area contributed by atoms with E-state index in [1.807, 2.05) is 30.3 Å². The van der Waals surface area contributed by atoms with E-state index in [0.717, 1.165) is 74.4 Å². The van der Waals surface area contributed by atoms with Gasteiger partial charge in [-0.25, -0.2) is 4.99 Å². The van der Waals surface area contributed by atoms with Crippen molar-refractivity contribution in [1.82, 2.24) is 9.88 Å². The molecule has 5 heteroatoms. The van der Waals surface area contributed by atoms with Crippen LogP contribution in [0.15, 0.2) is 162 Å². The normalized spacial score (nSPS) is 16.6. The van der Waals surface area contributed by atoms with Gasteiger partial charge in [-0.15, -0.1) is 0 Å². The van der Waals surface area contributed by atoms with E-state index in [9.17, 15) is 0 Å². The van der Waals surface area contributed by atoms with Crippen LogP contribution >= 0.6 is 0 Å². The van der Waals surface area contributed by atoms with Gasteiger partial charge in [0.15, 0.2) is 23.0 Å². The summed E-state index contributed by atoms with van der Waals surface area (Å²) in [5.41, 5.74) is 7.90. The van der Waals surface area contributed by atoms with Crippen LogP contribution < -0.4 is 14.8 Å². The number of benzene rings is 6. The third-order valence-electron chi connectivity index (χ3n) is 9.77. The maximum atomic E-state index is 6.43. The molecule has 0 amide bonds. The lowest BCUT2D eigenvalue weighted by molar-refractivity contribution is 0.360. The highest BCUT2D eigenvalue weighted by Crippen LogP contribution is 2.48. The third kappa shape index (κ3) is 4.66. The number of nitrogens with zero attached hydrogens (tertiary/aromatic N) is 2. The van der Waals surface area contributed by atoms with E-state index < -0.39 is 0 Å². The summed E-state index contributed by atoms with van der Waals surface area (Å²) in [7, 11) is 0. The molecular weight excluding hydrogens is 603 g/mol. The minimum absolute atomic E-state index is 0.0549. The minimum atomic E-state index is -0.0549. The van der Waals surface area contributed by atoms with Gasteiger partial charge in [-0.1, -0.05) is 103 Å². The molecule has 5 nitrogen and oxygen atoms in total. The van der Waals surface area contributed by atoms with Gasteiger partial charge in [0.25, 0.3) is 0 Å². The number of rotatable bonds is 4. The van der Waals surface area contributed by atoms with E-state index in [4.69, 9.17) is 14.5 Å². The monoisotopic (exact) mass is 633 g/mol. The second-order valence-electron chi connectivity index (χ2n) is 12.8. The van der Waals surface area contributed by atoms with Gasteiger partial charge in [0.2, 0.25) is 0 Å². The van der Waals surface area contributed by atoms with Crippen molar-refractivity contribution in [1.29, 1.82) is 0 Å². The Morgan fingerprint density at radius 2 is 1.29 bits per heavy atom. The van der Waals surface area contributed by atoms with E-state index in [1.54, 1.807) is 0 Å². The van der Waals surface area contributed by atoms with Crippen LogP contribution in [0.1, 0.15) is 18.4 Å². The Hall–Kier alpha value is -6.33. The van der Waals surface area contributed by atoms with Crippen molar-refractivity contribution in [2.75, 3.05) is 0 Å². The van der Waals surface area contributed by atoms with Crippen LogP contribution in [0.4, 0.5) is 0 Å². The summed E-state index contributed by atoms with van der Waals surface area (Å²) >= 11 is 0. The minimum Gasteiger partial charge on any atom is -0.449 e. The predicted octanol–water partition coefficient (Wildman–Crippen LogP) is 11.0. The summed E-state index contributed by atoms with van der Waals surface area (Å²) in [5.74, 6) is 3.77. The van der Waals surface area contributed by atoms with Crippen LogP contribution in [0.3, 0.4) is 0 Å². The van der Waals surface area contributed by atoms with Crippen LogP contribution in [0.25, 0.3) is 49.4 Å². The SMILES string of the molecule is C1=CC(C2NC(c3ccccc3)=NC=C2n2c3ccccc3c3cc(-c4ccc5c(c4)Oc4cc6ccccc6cc4O5)ccc32)=CCC1. The first kappa shape index (κ1) is 27.8. The van der Waals surface area contributed by atoms with Crippen molar-refractivity contribution < 1.29 is 9.47 Å². The van der Waals surface area contributed by atoms with E-state index in [0.29, 0.717) is 11.5 Å². The number of allylic oxidation sites excluding steroid dienone is 2. The molecule has 49 heavy (non-hydrogen) atoms. The first-order valence-corrected chi connectivity index (χ1v) is 16.8. The quantitative estimate of drug-likeness (QED) is 0.210. The van der Waals surface area contributed by atoms with Crippen LogP contribution in [0.5, 0.6) is 23.0 Å².